The van der Waals surface area contributed by atoms with Crippen LogP contribution in [0.5, 0.6) is 0 Å². The average molecular weight is 342 g/mol. The van der Waals surface area contributed by atoms with E-state index in [1.54, 1.807) is 6.07 Å². The first-order valence-electron chi connectivity index (χ1n) is 8.13. The van der Waals surface area contributed by atoms with Gasteiger partial charge in [0.25, 0.3) is 0 Å². The zero-order valence-corrected chi connectivity index (χ0v) is 13.6. The maximum Gasteiger partial charge on any atom is 0.240 e. The minimum absolute atomic E-state index is 0.108. The summed E-state index contributed by atoms with van der Waals surface area (Å²) in [5.41, 5.74) is 1.90. The van der Waals surface area contributed by atoms with Gasteiger partial charge in [-0.2, -0.15) is 0 Å². The highest BCUT2D eigenvalue weighted by atomic mass is 19.1. The van der Waals surface area contributed by atoms with Crippen molar-refractivity contribution >= 4 is 17.5 Å². The molecule has 1 atom stereocenters. The molecule has 2 N–H and O–H groups in total. The first-order chi connectivity index (χ1) is 12.1. The molecule has 6 heteroatoms. The Bertz CT molecular complexity index is 794. The van der Waals surface area contributed by atoms with Crippen LogP contribution in [-0.4, -0.2) is 30.0 Å². The molecule has 3 rings (SSSR count). The average Bonchev–Trinajstić information content (AvgIpc) is 2.62. The first kappa shape index (κ1) is 17.1. The van der Waals surface area contributed by atoms with Crippen LogP contribution in [-0.2, 0) is 16.0 Å². The Hall–Kier alpha value is -2.73. The number of benzene rings is 2. The van der Waals surface area contributed by atoms with Gasteiger partial charge in [0.05, 0.1) is 6.10 Å². The van der Waals surface area contributed by atoms with Crippen molar-refractivity contribution in [3.05, 3.63) is 65.5 Å². The van der Waals surface area contributed by atoms with Crippen molar-refractivity contribution in [2.75, 3.05) is 18.0 Å². The standard InChI is InChI=1S/C19H19FN2O3/c20-15-7-3-2-6-14(15)17(23)11-21-18(24)12-22-16-8-4-1-5-13(16)9-10-19(22)25/h1-8,17,23H,9-12H2,(H,21,24). The van der Waals surface area contributed by atoms with Gasteiger partial charge in [0.1, 0.15) is 12.4 Å². The molecule has 0 aromatic heterocycles. The van der Waals surface area contributed by atoms with Crippen molar-refractivity contribution in [2.24, 2.45) is 0 Å². The van der Waals surface area contributed by atoms with Gasteiger partial charge in [-0.25, -0.2) is 4.39 Å². The SMILES string of the molecule is O=C(CN1C(=O)CCc2ccccc21)NCC(O)c1ccccc1F. The molecule has 0 bridgehead atoms. The molecule has 0 fully saturated rings. The van der Waals surface area contributed by atoms with Crippen LogP contribution in [0.15, 0.2) is 48.5 Å². The zero-order valence-electron chi connectivity index (χ0n) is 13.6. The smallest absolute Gasteiger partial charge is 0.240 e. The summed E-state index contributed by atoms with van der Waals surface area (Å²) in [6.07, 6.45) is -0.115. The Balaban J connectivity index is 1.61. The van der Waals surface area contributed by atoms with Crippen LogP contribution in [0.2, 0.25) is 0 Å². The molecule has 1 unspecified atom stereocenters. The summed E-state index contributed by atoms with van der Waals surface area (Å²) in [4.78, 5) is 25.8. The lowest BCUT2D eigenvalue weighted by Gasteiger charge is -2.29. The Kier molecular flexibility index (Phi) is 5.09. The number of hydrogen-bond donors (Lipinski definition) is 2. The summed E-state index contributed by atoms with van der Waals surface area (Å²) in [6, 6.07) is 13.3. The van der Waals surface area contributed by atoms with Gasteiger partial charge in [-0.1, -0.05) is 36.4 Å². The number of aliphatic hydroxyl groups excluding tert-OH is 1. The van der Waals surface area contributed by atoms with E-state index in [1.165, 1.54) is 23.1 Å². The van der Waals surface area contributed by atoms with Crippen molar-refractivity contribution in [1.29, 1.82) is 0 Å². The van der Waals surface area contributed by atoms with E-state index in [4.69, 9.17) is 0 Å². The van der Waals surface area contributed by atoms with Crippen molar-refractivity contribution in [3.63, 3.8) is 0 Å². The number of para-hydroxylation sites is 1. The van der Waals surface area contributed by atoms with Crippen molar-refractivity contribution in [3.8, 4) is 0 Å². The van der Waals surface area contributed by atoms with Crippen LogP contribution in [0, 0.1) is 5.82 Å². The normalized spacial score (nSPS) is 14.8. The minimum atomic E-state index is -1.14. The fraction of sp³-hybridized carbons (Fsp3) is 0.263. The number of anilines is 1. The minimum Gasteiger partial charge on any atom is -0.386 e. The van der Waals surface area contributed by atoms with Crippen molar-refractivity contribution < 1.29 is 19.1 Å². The van der Waals surface area contributed by atoms with E-state index >= 15 is 0 Å². The second-order valence-corrected chi connectivity index (χ2v) is 5.95. The molecule has 0 radical (unpaired) electrons. The van der Waals surface area contributed by atoms with Crippen LogP contribution >= 0.6 is 0 Å². The number of nitrogens with one attached hydrogen (secondary N) is 1. The molecule has 130 valence electrons. The number of fused-ring (bicyclic) bond motifs is 1. The molecule has 0 spiro atoms. The van der Waals surface area contributed by atoms with E-state index in [0.717, 1.165) is 11.3 Å². The number of carbonyl (C=O) groups is 2. The van der Waals surface area contributed by atoms with Crippen molar-refractivity contribution in [1.82, 2.24) is 5.32 Å². The first-order valence-corrected chi connectivity index (χ1v) is 8.13. The van der Waals surface area contributed by atoms with Gasteiger partial charge in [0, 0.05) is 24.2 Å². The van der Waals surface area contributed by atoms with E-state index in [0.29, 0.717) is 12.8 Å². The lowest BCUT2D eigenvalue weighted by molar-refractivity contribution is -0.124. The third-order valence-electron chi connectivity index (χ3n) is 4.25. The van der Waals surface area contributed by atoms with Gasteiger partial charge >= 0.3 is 0 Å². The van der Waals surface area contributed by atoms with Crippen LogP contribution in [0.3, 0.4) is 0 Å². The number of aryl methyl sites for hydroxylation is 1. The molecule has 1 aliphatic heterocycles. The van der Waals surface area contributed by atoms with Gasteiger partial charge in [0.15, 0.2) is 0 Å². The molecule has 0 saturated heterocycles. The third kappa shape index (κ3) is 3.85. The van der Waals surface area contributed by atoms with Crippen LogP contribution < -0.4 is 10.2 Å². The Labute approximate surface area is 145 Å². The summed E-state index contributed by atoms with van der Waals surface area (Å²) in [6.45, 7) is -0.247. The predicted molar refractivity (Wildman–Crippen MR) is 91.5 cm³/mol. The predicted octanol–water partition coefficient (Wildman–Crippen LogP) is 1.95. The fourth-order valence-corrected chi connectivity index (χ4v) is 2.94. The molecule has 0 aliphatic carbocycles. The van der Waals surface area contributed by atoms with E-state index in [1.807, 2.05) is 24.3 Å². The largest absolute Gasteiger partial charge is 0.386 e. The van der Waals surface area contributed by atoms with Crippen LogP contribution in [0.1, 0.15) is 23.7 Å². The second kappa shape index (κ2) is 7.44. The van der Waals surface area contributed by atoms with E-state index in [9.17, 15) is 19.1 Å². The maximum absolute atomic E-state index is 13.6. The summed E-state index contributed by atoms with van der Waals surface area (Å²) in [7, 11) is 0. The summed E-state index contributed by atoms with van der Waals surface area (Å²) in [5.74, 6) is -1.03. The molecule has 2 amide bonds. The fourth-order valence-electron chi connectivity index (χ4n) is 2.94. The monoisotopic (exact) mass is 342 g/mol. The Morgan fingerprint density at radius 2 is 1.88 bits per heavy atom. The number of carbonyl (C=O) groups excluding carboxylic acids is 2. The number of aliphatic hydroxyl groups is 1. The summed E-state index contributed by atoms with van der Waals surface area (Å²) >= 11 is 0. The molecule has 2 aromatic carbocycles. The highest BCUT2D eigenvalue weighted by Crippen LogP contribution is 2.27. The quantitative estimate of drug-likeness (QED) is 0.873. The zero-order chi connectivity index (χ0) is 17.8. The molecular formula is C19H19FN2O3. The topological polar surface area (TPSA) is 69.6 Å². The molecule has 1 aliphatic rings. The van der Waals surface area contributed by atoms with Gasteiger partial charge in [-0.3, -0.25) is 9.59 Å². The van der Waals surface area contributed by atoms with Gasteiger partial charge in [-0.05, 0) is 24.1 Å². The van der Waals surface area contributed by atoms with Gasteiger partial charge < -0.3 is 15.3 Å². The second-order valence-electron chi connectivity index (χ2n) is 5.95. The molecule has 5 nitrogen and oxygen atoms in total. The van der Waals surface area contributed by atoms with E-state index < -0.39 is 17.8 Å². The van der Waals surface area contributed by atoms with Crippen molar-refractivity contribution in [2.45, 2.75) is 18.9 Å². The number of hydrogen-bond acceptors (Lipinski definition) is 3. The molecule has 25 heavy (non-hydrogen) atoms. The van der Waals surface area contributed by atoms with Crippen LogP contribution in [0.4, 0.5) is 10.1 Å². The highest BCUT2D eigenvalue weighted by molar-refractivity contribution is 6.00. The number of halogens is 1. The van der Waals surface area contributed by atoms with Crippen LogP contribution in [0.25, 0.3) is 0 Å². The van der Waals surface area contributed by atoms with Gasteiger partial charge in [0.2, 0.25) is 11.8 Å². The maximum atomic E-state index is 13.6. The Morgan fingerprint density at radius 3 is 2.68 bits per heavy atom. The van der Waals surface area contributed by atoms with E-state index in [2.05, 4.69) is 5.32 Å². The Morgan fingerprint density at radius 1 is 1.16 bits per heavy atom. The van der Waals surface area contributed by atoms with E-state index in [-0.39, 0.29) is 24.6 Å². The number of rotatable bonds is 5. The van der Waals surface area contributed by atoms with Gasteiger partial charge in [-0.15, -0.1) is 0 Å². The molecule has 0 saturated carbocycles. The number of nitrogens with zero attached hydrogens (tertiary/aromatic N) is 1. The summed E-state index contributed by atoms with van der Waals surface area (Å²) in [5, 5.41) is 12.6. The lowest BCUT2D eigenvalue weighted by Crippen LogP contribution is -2.43. The lowest BCUT2D eigenvalue weighted by atomic mass is 10.0. The number of amides is 2. The molecular weight excluding hydrogens is 323 g/mol. The molecule has 1 heterocycles. The third-order valence-corrected chi connectivity index (χ3v) is 4.25. The highest BCUT2D eigenvalue weighted by Gasteiger charge is 2.25. The molecule has 2 aromatic rings. The summed E-state index contributed by atoms with van der Waals surface area (Å²) < 4.78 is 13.6.